The molecule has 1 amide bonds. The van der Waals surface area contributed by atoms with Crippen molar-refractivity contribution in [3.63, 3.8) is 0 Å². The molecular formula is C12H18N2OS. The number of amides is 1. The number of carbonyl (C=O) groups is 1. The van der Waals surface area contributed by atoms with Crippen molar-refractivity contribution in [2.24, 2.45) is 5.73 Å². The second kappa shape index (κ2) is 7.30. The van der Waals surface area contributed by atoms with Crippen LogP contribution in [0.25, 0.3) is 0 Å². The summed E-state index contributed by atoms with van der Waals surface area (Å²) in [7, 11) is 0. The Bertz CT molecular complexity index is 314. The molecule has 0 aromatic heterocycles. The lowest BCUT2D eigenvalue weighted by Crippen LogP contribution is -2.30. The van der Waals surface area contributed by atoms with E-state index >= 15 is 0 Å². The fraction of sp³-hybridized carbons (Fsp3) is 0.417. The third kappa shape index (κ3) is 5.78. The van der Waals surface area contributed by atoms with E-state index in [9.17, 15) is 4.79 Å². The molecule has 0 saturated carbocycles. The minimum Gasteiger partial charge on any atom is -0.355 e. The topological polar surface area (TPSA) is 55.1 Å². The maximum Gasteiger partial charge on any atom is 0.230 e. The van der Waals surface area contributed by atoms with E-state index in [0.29, 0.717) is 12.3 Å². The predicted molar refractivity (Wildman–Crippen MR) is 68.4 cm³/mol. The van der Waals surface area contributed by atoms with E-state index in [4.69, 9.17) is 5.73 Å². The van der Waals surface area contributed by atoms with E-state index in [1.54, 1.807) is 11.8 Å². The summed E-state index contributed by atoms with van der Waals surface area (Å²) >= 11 is 1.54. The van der Waals surface area contributed by atoms with Crippen molar-refractivity contribution >= 4 is 17.7 Å². The van der Waals surface area contributed by atoms with Crippen LogP contribution in [0.4, 0.5) is 0 Å². The van der Waals surface area contributed by atoms with Crippen molar-refractivity contribution < 1.29 is 4.79 Å². The minimum absolute atomic E-state index is 0.0644. The summed E-state index contributed by atoms with van der Waals surface area (Å²) in [5.41, 5.74) is 5.59. The van der Waals surface area contributed by atoms with Gasteiger partial charge in [0.25, 0.3) is 0 Å². The SMILES string of the molecule is CC(N)CCNC(=O)CSc1ccccc1. The summed E-state index contributed by atoms with van der Waals surface area (Å²) in [5, 5.41) is 2.84. The van der Waals surface area contributed by atoms with Gasteiger partial charge in [-0.05, 0) is 25.5 Å². The molecule has 4 heteroatoms. The van der Waals surface area contributed by atoms with Gasteiger partial charge in [-0.2, -0.15) is 0 Å². The van der Waals surface area contributed by atoms with Crippen LogP contribution in [-0.2, 0) is 4.79 Å². The van der Waals surface area contributed by atoms with Gasteiger partial charge in [0, 0.05) is 17.5 Å². The smallest absolute Gasteiger partial charge is 0.230 e. The van der Waals surface area contributed by atoms with Crippen LogP contribution in [0.2, 0.25) is 0 Å². The Balaban J connectivity index is 2.16. The van der Waals surface area contributed by atoms with Gasteiger partial charge in [0.05, 0.1) is 5.75 Å². The molecule has 1 rings (SSSR count). The second-order valence-electron chi connectivity index (χ2n) is 3.72. The average molecular weight is 238 g/mol. The lowest BCUT2D eigenvalue weighted by Gasteiger charge is -2.07. The lowest BCUT2D eigenvalue weighted by atomic mass is 10.2. The molecule has 0 aliphatic carbocycles. The Morgan fingerprint density at radius 3 is 2.75 bits per heavy atom. The first-order chi connectivity index (χ1) is 7.68. The van der Waals surface area contributed by atoms with E-state index in [2.05, 4.69) is 5.32 Å². The molecule has 1 atom stereocenters. The van der Waals surface area contributed by atoms with E-state index in [1.165, 1.54) is 0 Å². The van der Waals surface area contributed by atoms with Crippen LogP contribution in [0.5, 0.6) is 0 Å². The van der Waals surface area contributed by atoms with Crippen LogP contribution in [-0.4, -0.2) is 24.2 Å². The molecule has 0 fully saturated rings. The Kier molecular flexibility index (Phi) is 5.96. The van der Waals surface area contributed by atoms with Crippen LogP contribution in [0.1, 0.15) is 13.3 Å². The van der Waals surface area contributed by atoms with Crippen molar-refractivity contribution in [1.29, 1.82) is 0 Å². The second-order valence-corrected chi connectivity index (χ2v) is 4.77. The van der Waals surface area contributed by atoms with Crippen molar-refractivity contribution in [2.45, 2.75) is 24.3 Å². The van der Waals surface area contributed by atoms with E-state index in [-0.39, 0.29) is 11.9 Å². The number of hydrogen-bond acceptors (Lipinski definition) is 3. The Hall–Kier alpha value is -1.00. The normalized spacial score (nSPS) is 12.1. The van der Waals surface area contributed by atoms with Gasteiger partial charge in [-0.15, -0.1) is 11.8 Å². The predicted octanol–water partition coefficient (Wildman–Crippen LogP) is 1.63. The molecule has 3 nitrogen and oxygen atoms in total. The molecule has 0 aliphatic rings. The molecule has 0 saturated heterocycles. The number of nitrogens with one attached hydrogen (secondary N) is 1. The average Bonchev–Trinajstić information content (AvgIpc) is 2.27. The van der Waals surface area contributed by atoms with Gasteiger partial charge in [0.1, 0.15) is 0 Å². The minimum atomic E-state index is 0.0644. The van der Waals surface area contributed by atoms with Crippen molar-refractivity contribution in [1.82, 2.24) is 5.32 Å². The first-order valence-corrected chi connectivity index (χ1v) is 6.37. The number of rotatable bonds is 6. The highest BCUT2D eigenvalue weighted by molar-refractivity contribution is 8.00. The molecule has 0 radical (unpaired) electrons. The zero-order chi connectivity index (χ0) is 11.8. The summed E-state index contributed by atoms with van der Waals surface area (Å²) in [4.78, 5) is 12.5. The van der Waals surface area contributed by atoms with Gasteiger partial charge in [-0.3, -0.25) is 4.79 Å². The molecule has 1 aromatic carbocycles. The van der Waals surface area contributed by atoms with Crippen LogP contribution in [0.3, 0.4) is 0 Å². The molecule has 0 aliphatic heterocycles. The summed E-state index contributed by atoms with van der Waals surface area (Å²) in [6, 6.07) is 10.0. The zero-order valence-electron chi connectivity index (χ0n) is 9.48. The molecule has 88 valence electrons. The van der Waals surface area contributed by atoms with Crippen LogP contribution < -0.4 is 11.1 Å². The third-order valence-corrected chi connectivity index (χ3v) is 3.05. The molecule has 1 unspecified atom stereocenters. The number of thioether (sulfide) groups is 1. The monoisotopic (exact) mass is 238 g/mol. The first kappa shape index (κ1) is 13.1. The number of benzene rings is 1. The summed E-state index contributed by atoms with van der Waals surface area (Å²) in [6.45, 7) is 2.59. The van der Waals surface area contributed by atoms with Gasteiger partial charge in [0.2, 0.25) is 5.91 Å². The molecule has 16 heavy (non-hydrogen) atoms. The fourth-order valence-electron chi connectivity index (χ4n) is 1.16. The molecular weight excluding hydrogens is 220 g/mol. The fourth-order valence-corrected chi connectivity index (χ4v) is 1.91. The molecule has 0 spiro atoms. The Labute approximate surface area is 101 Å². The van der Waals surface area contributed by atoms with Crippen molar-refractivity contribution in [3.05, 3.63) is 30.3 Å². The number of nitrogens with two attached hydrogens (primary N) is 1. The van der Waals surface area contributed by atoms with Gasteiger partial charge in [0.15, 0.2) is 0 Å². The standard InChI is InChI=1S/C12H18N2OS/c1-10(13)7-8-14-12(15)9-16-11-5-3-2-4-6-11/h2-6,10H,7-9,13H2,1H3,(H,14,15). The molecule has 3 N–H and O–H groups in total. The summed E-state index contributed by atoms with van der Waals surface area (Å²) in [5.74, 6) is 0.526. The van der Waals surface area contributed by atoms with Crippen LogP contribution in [0, 0.1) is 0 Å². The number of hydrogen-bond donors (Lipinski definition) is 2. The van der Waals surface area contributed by atoms with Crippen LogP contribution in [0.15, 0.2) is 35.2 Å². The van der Waals surface area contributed by atoms with E-state index < -0.39 is 0 Å². The van der Waals surface area contributed by atoms with Gasteiger partial charge in [-0.25, -0.2) is 0 Å². The maximum atomic E-state index is 11.4. The summed E-state index contributed by atoms with van der Waals surface area (Å²) < 4.78 is 0. The largest absolute Gasteiger partial charge is 0.355 e. The highest BCUT2D eigenvalue weighted by Crippen LogP contribution is 2.15. The Morgan fingerprint density at radius 2 is 2.12 bits per heavy atom. The van der Waals surface area contributed by atoms with Gasteiger partial charge in [-0.1, -0.05) is 18.2 Å². The highest BCUT2D eigenvalue weighted by Gasteiger charge is 2.02. The molecule has 0 heterocycles. The third-order valence-electron chi connectivity index (χ3n) is 2.03. The van der Waals surface area contributed by atoms with Crippen molar-refractivity contribution in [2.75, 3.05) is 12.3 Å². The van der Waals surface area contributed by atoms with Crippen molar-refractivity contribution in [3.8, 4) is 0 Å². The number of carbonyl (C=O) groups excluding carboxylic acids is 1. The van der Waals surface area contributed by atoms with E-state index in [1.807, 2.05) is 37.3 Å². The maximum absolute atomic E-state index is 11.4. The first-order valence-electron chi connectivity index (χ1n) is 5.38. The highest BCUT2D eigenvalue weighted by atomic mass is 32.2. The van der Waals surface area contributed by atoms with E-state index in [0.717, 1.165) is 11.3 Å². The Morgan fingerprint density at radius 1 is 1.44 bits per heavy atom. The molecule has 1 aromatic rings. The summed E-state index contributed by atoms with van der Waals surface area (Å²) in [6.07, 6.45) is 0.821. The van der Waals surface area contributed by atoms with Gasteiger partial charge >= 0.3 is 0 Å². The zero-order valence-corrected chi connectivity index (χ0v) is 10.3. The quantitative estimate of drug-likeness (QED) is 0.741. The molecule has 0 bridgehead atoms. The van der Waals surface area contributed by atoms with Crippen LogP contribution >= 0.6 is 11.8 Å². The lowest BCUT2D eigenvalue weighted by molar-refractivity contribution is -0.118. The van der Waals surface area contributed by atoms with Gasteiger partial charge < -0.3 is 11.1 Å².